The number of aryl methyl sites for hydroxylation is 1. The van der Waals surface area contributed by atoms with Crippen LogP contribution in [0.4, 0.5) is 5.82 Å². The van der Waals surface area contributed by atoms with E-state index in [4.69, 9.17) is 0 Å². The van der Waals surface area contributed by atoms with Crippen LogP contribution >= 0.6 is 0 Å². The fourth-order valence-electron chi connectivity index (χ4n) is 1.27. The molecule has 1 heterocycles. The zero-order valence-electron chi connectivity index (χ0n) is 9.04. The molecule has 1 unspecified atom stereocenters. The molecule has 78 valence electrons. The van der Waals surface area contributed by atoms with Gasteiger partial charge in [0.25, 0.3) is 0 Å². The van der Waals surface area contributed by atoms with Gasteiger partial charge in [0.2, 0.25) is 0 Å². The van der Waals surface area contributed by atoms with Crippen LogP contribution in [-0.2, 0) is 0 Å². The third kappa shape index (κ3) is 3.30. The number of aromatic nitrogens is 2. The molecule has 1 aromatic heterocycles. The number of hydrogen-bond donors (Lipinski definition) is 2. The molecular weight excluding hydrogens is 176 g/mol. The minimum Gasteiger partial charge on any atom is -0.368 e. The zero-order valence-corrected chi connectivity index (χ0v) is 9.04. The Balaban J connectivity index is 2.41. The molecule has 1 rings (SSSR count). The summed E-state index contributed by atoms with van der Waals surface area (Å²) in [4.78, 5) is 8.38. The second-order valence-electron chi connectivity index (χ2n) is 3.53. The van der Waals surface area contributed by atoms with Crippen LogP contribution in [0.1, 0.15) is 12.6 Å². The molecule has 2 N–H and O–H groups in total. The second kappa shape index (κ2) is 5.54. The average Bonchev–Trinajstić information content (AvgIpc) is 2.17. The fourth-order valence-corrected chi connectivity index (χ4v) is 1.27. The zero-order chi connectivity index (χ0) is 10.4. The van der Waals surface area contributed by atoms with E-state index in [9.17, 15) is 0 Å². The first-order chi connectivity index (χ1) is 6.74. The molecule has 4 nitrogen and oxygen atoms in total. The van der Waals surface area contributed by atoms with Crippen LogP contribution in [0, 0.1) is 12.8 Å². The van der Waals surface area contributed by atoms with Crippen molar-refractivity contribution < 1.29 is 0 Å². The van der Waals surface area contributed by atoms with Gasteiger partial charge in [0.15, 0.2) is 0 Å². The van der Waals surface area contributed by atoms with Crippen molar-refractivity contribution in [3.8, 4) is 0 Å². The molecule has 0 aliphatic carbocycles. The normalized spacial score (nSPS) is 12.5. The van der Waals surface area contributed by atoms with E-state index < -0.39 is 0 Å². The summed E-state index contributed by atoms with van der Waals surface area (Å²) in [6.07, 6.45) is 3.41. The van der Waals surface area contributed by atoms with Crippen molar-refractivity contribution in [3.05, 3.63) is 18.1 Å². The van der Waals surface area contributed by atoms with Crippen molar-refractivity contribution in [2.24, 2.45) is 5.92 Å². The Morgan fingerprint density at radius 1 is 1.29 bits per heavy atom. The molecule has 0 amide bonds. The second-order valence-corrected chi connectivity index (χ2v) is 3.53. The average molecular weight is 194 g/mol. The van der Waals surface area contributed by atoms with Gasteiger partial charge in [-0.05, 0) is 26.4 Å². The molecule has 1 atom stereocenters. The third-order valence-corrected chi connectivity index (χ3v) is 2.05. The number of anilines is 1. The minimum atomic E-state index is 0.585. The maximum Gasteiger partial charge on any atom is 0.147 e. The Bertz CT molecular complexity index is 275. The van der Waals surface area contributed by atoms with Crippen molar-refractivity contribution in [1.82, 2.24) is 15.3 Å². The van der Waals surface area contributed by atoms with Gasteiger partial charge < -0.3 is 10.6 Å². The highest BCUT2D eigenvalue weighted by atomic mass is 15.0. The van der Waals surface area contributed by atoms with Crippen LogP contribution in [0.25, 0.3) is 0 Å². The van der Waals surface area contributed by atoms with Crippen LogP contribution < -0.4 is 10.6 Å². The molecule has 0 aliphatic rings. The monoisotopic (exact) mass is 194 g/mol. The van der Waals surface area contributed by atoms with Crippen LogP contribution in [-0.4, -0.2) is 30.1 Å². The third-order valence-electron chi connectivity index (χ3n) is 2.05. The van der Waals surface area contributed by atoms with E-state index in [-0.39, 0.29) is 0 Å². The molecule has 0 spiro atoms. The van der Waals surface area contributed by atoms with Gasteiger partial charge >= 0.3 is 0 Å². The lowest BCUT2D eigenvalue weighted by atomic mass is 10.2. The van der Waals surface area contributed by atoms with E-state index in [0.717, 1.165) is 24.6 Å². The van der Waals surface area contributed by atoms with Crippen LogP contribution in [0.5, 0.6) is 0 Å². The number of rotatable bonds is 5. The largest absolute Gasteiger partial charge is 0.368 e. The van der Waals surface area contributed by atoms with E-state index in [1.54, 1.807) is 12.4 Å². The lowest BCUT2D eigenvalue weighted by Gasteiger charge is -2.12. The summed E-state index contributed by atoms with van der Waals surface area (Å²) < 4.78 is 0. The summed E-state index contributed by atoms with van der Waals surface area (Å²) in [6.45, 7) is 6.07. The first kappa shape index (κ1) is 10.9. The molecule has 1 aromatic rings. The van der Waals surface area contributed by atoms with E-state index >= 15 is 0 Å². The van der Waals surface area contributed by atoms with Gasteiger partial charge in [-0.2, -0.15) is 0 Å². The molecule has 0 saturated heterocycles. The maximum absolute atomic E-state index is 4.22. The lowest BCUT2D eigenvalue weighted by molar-refractivity contribution is 0.568. The van der Waals surface area contributed by atoms with Crippen LogP contribution in [0.2, 0.25) is 0 Å². The van der Waals surface area contributed by atoms with E-state index in [2.05, 4.69) is 27.5 Å². The Morgan fingerprint density at radius 3 is 2.64 bits per heavy atom. The van der Waals surface area contributed by atoms with Crippen molar-refractivity contribution in [1.29, 1.82) is 0 Å². The molecule has 4 heteroatoms. The Labute approximate surface area is 85.2 Å². The van der Waals surface area contributed by atoms with Crippen molar-refractivity contribution in [2.75, 3.05) is 25.5 Å². The van der Waals surface area contributed by atoms with Gasteiger partial charge in [0.05, 0.1) is 5.69 Å². The van der Waals surface area contributed by atoms with Gasteiger partial charge in [-0.3, -0.25) is 4.98 Å². The first-order valence-corrected chi connectivity index (χ1v) is 4.90. The van der Waals surface area contributed by atoms with E-state index in [0.29, 0.717) is 5.92 Å². The highest BCUT2D eigenvalue weighted by molar-refractivity contribution is 5.38. The van der Waals surface area contributed by atoms with Crippen LogP contribution in [0.3, 0.4) is 0 Å². The number of hydrogen-bond acceptors (Lipinski definition) is 4. The summed E-state index contributed by atoms with van der Waals surface area (Å²) in [5.74, 6) is 1.47. The maximum atomic E-state index is 4.22. The fraction of sp³-hybridized carbons (Fsp3) is 0.600. The lowest BCUT2D eigenvalue weighted by Crippen LogP contribution is -2.23. The molecular formula is C10H18N4. The topological polar surface area (TPSA) is 49.8 Å². The molecule has 14 heavy (non-hydrogen) atoms. The quantitative estimate of drug-likeness (QED) is 0.735. The summed E-state index contributed by atoms with van der Waals surface area (Å²) >= 11 is 0. The van der Waals surface area contributed by atoms with Gasteiger partial charge in [0.1, 0.15) is 5.82 Å². The highest BCUT2D eigenvalue weighted by Gasteiger charge is 2.02. The number of nitrogens with one attached hydrogen (secondary N) is 2. The summed E-state index contributed by atoms with van der Waals surface area (Å²) in [5.41, 5.74) is 0.948. The van der Waals surface area contributed by atoms with Gasteiger partial charge in [-0.1, -0.05) is 6.92 Å². The predicted octanol–water partition coefficient (Wildman–Crippen LogP) is 1.05. The standard InChI is InChI=1S/C10H18N4/c1-8(6-11-3)7-14-10-9(2)12-4-5-13-10/h4-5,8,11H,6-7H2,1-3H3,(H,13,14). The van der Waals surface area contributed by atoms with Crippen molar-refractivity contribution >= 4 is 5.82 Å². The van der Waals surface area contributed by atoms with Crippen LogP contribution in [0.15, 0.2) is 12.4 Å². The van der Waals surface area contributed by atoms with Gasteiger partial charge in [-0.25, -0.2) is 4.98 Å². The van der Waals surface area contributed by atoms with E-state index in [1.165, 1.54) is 0 Å². The van der Waals surface area contributed by atoms with Gasteiger partial charge in [0, 0.05) is 18.9 Å². The van der Waals surface area contributed by atoms with Crippen molar-refractivity contribution in [2.45, 2.75) is 13.8 Å². The molecule has 0 aliphatic heterocycles. The smallest absolute Gasteiger partial charge is 0.147 e. The predicted molar refractivity (Wildman–Crippen MR) is 58.3 cm³/mol. The highest BCUT2D eigenvalue weighted by Crippen LogP contribution is 2.06. The Morgan fingerprint density at radius 2 is 2.00 bits per heavy atom. The molecule has 0 fully saturated rings. The van der Waals surface area contributed by atoms with Gasteiger partial charge in [-0.15, -0.1) is 0 Å². The molecule has 0 bridgehead atoms. The molecule has 0 radical (unpaired) electrons. The Kier molecular flexibility index (Phi) is 4.32. The first-order valence-electron chi connectivity index (χ1n) is 4.90. The summed E-state index contributed by atoms with van der Waals surface area (Å²) in [6, 6.07) is 0. The SMILES string of the molecule is CNCC(C)CNc1nccnc1C. The Hall–Kier alpha value is -1.16. The van der Waals surface area contributed by atoms with Crippen molar-refractivity contribution in [3.63, 3.8) is 0 Å². The summed E-state index contributed by atoms with van der Waals surface area (Å²) in [5, 5.41) is 6.43. The minimum absolute atomic E-state index is 0.585. The summed E-state index contributed by atoms with van der Waals surface area (Å²) in [7, 11) is 1.96. The van der Waals surface area contributed by atoms with E-state index in [1.807, 2.05) is 14.0 Å². The molecule has 0 saturated carbocycles. The number of nitrogens with zero attached hydrogens (tertiary/aromatic N) is 2. The molecule has 0 aromatic carbocycles.